The first-order chi connectivity index (χ1) is 9.56. The largest absolute Gasteiger partial charge is 0.443 e. The number of nitrogens with one attached hydrogen (secondary N) is 1. The van der Waals surface area contributed by atoms with Gasteiger partial charge >= 0.3 is 0 Å². The smallest absolute Gasteiger partial charge is 0.274 e. The van der Waals surface area contributed by atoms with Crippen molar-refractivity contribution in [3.8, 4) is 0 Å². The van der Waals surface area contributed by atoms with Gasteiger partial charge < -0.3 is 10.2 Å². The molecule has 1 aromatic carbocycles. The highest BCUT2D eigenvalue weighted by molar-refractivity contribution is 7.89. The minimum absolute atomic E-state index is 0.0614. The first-order valence-electron chi connectivity index (χ1n) is 6.78. The maximum atomic E-state index is 12.3. The Balaban J connectivity index is 2.20. The molecule has 0 radical (unpaired) electrons. The molecule has 1 heterocycles. The quantitative estimate of drug-likeness (QED) is 0.820. The highest BCUT2D eigenvalue weighted by Gasteiger charge is 2.22. The topological polar surface area (TPSA) is 85.3 Å². The van der Waals surface area contributed by atoms with E-state index in [2.05, 4.69) is 11.6 Å². The zero-order valence-electron chi connectivity index (χ0n) is 11.5. The fraction of sp³-hybridized carbons (Fsp3) is 0.429. The third-order valence-corrected chi connectivity index (χ3v) is 4.55. The Labute approximate surface area is 119 Å². The summed E-state index contributed by atoms with van der Waals surface area (Å²) in [6.07, 6.45) is 2.67. The van der Waals surface area contributed by atoms with Gasteiger partial charge in [-0.1, -0.05) is 38.0 Å². The molecule has 0 aliphatic heterocycles. The van der Waals surface area contributed by atoms with Crippen molar-refractivity contribution in [1.82, 2.24) is 4.72 Å². The number of benzene rings is 1. The zero-order valence-corrected chi connectivity index (χ0v) is 12.3. The molecular weight excluding hydrogens is 276 g/mol. The molecule has 0 spiro atoms. The lowest BCUT2D eigenvalue weighted by Crippen LogP contribution is -2.39. The van der Waals surface area contributed by atoms with E-state index in [9.17, 15) is 8.42 Å². The third-order valence-electron chi connectivity index (χ3n) is 3.18. The number of rotatable bonds is 7. The molecule has 20 heavy (non-hydrogen) atoms. The average molecular weight is 296 g/mol. The summed E-state index contributed by atoms with van der Waals surface area (Å²) in [5, 5.41) is 0.708. The summed E-state index contributed by atoms with van der Waals surface area (Å²) in [5.74, 6) is 0. The van der Waals surface area contributed by atoms with Gasteiger partial charge in [-0.05, 0) is 12.5 Å². The fourth-order valence-corrected chi connectivity index (χ4v) is 3.29. The average Bonchev–Trinajstić information content (AvgIpc) is 2.88. The van der Waals surface area contributed by atoms with E-state index in [4.69, 9.17) is 10.2 Å². The van der Waals surface area contributed by atoms with Crippen LogP contribution in [-0.2, 0) is 10.0 Å². The third kappa shape index (κ3) is 3.39. The second-order valence-electron chi connectivity index (χ2n) is 4.80. The van der Waals surface area contributed by atoms with Crippen molar-refractivity contribution < 1.29 is 12.8 Å². The summed E-state index contributed by atoms with van der Waals surface area (Å²) < 4.78 is 32.5. The van der Waals surface area contributed by atoms with Gasteiger partial charge in [0, 0.05) is 24.0 Å². The predicted octanol–water partition coefficient (Wildman–Crippen LogP) is 2.23. The molecule has 0 unspecified atom stereocenters. The van der Waals surface area contributed by atoms with E-state index in [1.807, 2.05) is 12.1 Å². The second-order valence-corrected chi connectivity index (χ2v) is 6.44. The number of hydrogen-bond donors (Lipinski definition) is 2. The molecule has 0 aliphatic rings. The van der Waals surface area contributed by atoms with E-state index in [1.54, 1.807) is 12.1 Å². The Hall–Kier alpha value is -1.37. The van der Waals surface area contributed by atoms with Gasteiger partial charge in [-0.25, -0.2) is 13.1 Å². The molecule has 0 aliphatic carbocycles. The van der Waals surface area contributed by atoms with Crippen LogP contribution in [-0.4, -0.2) is 21.0 Å². The van der Waals surface area contributed by atoms with Crippen molar-refractivity contribution in [2.45, 2.75) is 37.3 Å². The van der Waals surface area contributed by atoms with Gasteiger partial charge in [0.25, 0.3) is 10.0 Å². The summed E-state index contributed by atoms with van der Waals surface area (Å²) in [7, 11) is -3.66. The molecule has 0 bridgehead atoms. The Morgan fingerprint density at radius 1 is 1.35 bits per heavy atom. The van der Waals surface area contributed by atoms with Gasteiger partial charge in [0.05, 0.1) is 0 Å². The molecule has 0 fully saturated rings. The van der Waals surface area contributed by atoms with Crippen LogP contribution in [0.3, 0.4) is 0 Å². The van der Waals surface area contributed by atoms with E-state index in [-0.39, 0.29) is 17.7 Å². The van der Waals surface area contributed by atoms with Gasteiger partial charge in [0.2, 0.25) is 5.09 Å². The van der Waals surface area contributed by atoms with E-state index >= 15 is 0 Å². The van der Waals surface area contributed by atoms with E-state index in [1.165, 1.54) is 6.07 Å². The molecule has 6 heteroatoms. The van der Waals surface area contributed by atoms with Gasteiger partial charge in [0.15, 0.2) is 0 Å². The van der Waals surface area contributed by atoms with Crippen LogP contribution in [0.4, 0.5) is 0 Å². The van der Waals surface area contributed by atoms with Crippen LogP contribution in [0.2, 0.25) is 0 Å². The molecule has 110 valence electrons. The molecule has 0 amide bonds. The monoisotopic (exact) mass is 296 g/mol. The van der Waals surface area contributed by atoms with Crippen LogP contribution in [0.15, 0.2) is 39.8 Å². The first-order valence-corrected chi connectivity index (χ1v) is 8.26. The first kappa shape index (κ1) is 15.0. The number of unbranched alkanes of at least 4 members (excludes halogenated alkanes) is 1. The normalized spacial score (nSPS) is 13.7. The lowest BCUT2D eigenvalue weighted by molar-refractivity contribution is 0.461. The van der Waals surface area contributed by atoms with Crippen molar-refractivity contribution >= 4 is 21.0 Å². The van der Waals surface area contributed by atoms with Crippen LogP contribution >= 0.6 is 0 Å². The SMILES string of the molecule is CCCC[C@@H](CN)NS(=O)(=O)c1cc2ccccc2o1. The lowest BCUT2D eigenvalue weighted by Gasteiger charge is -2.15. The van der Waals surface area contributed by atoms with Gasteiger partial charge in [-0.15, -0.1) is 0 Å². The van der Waals surface area contributed by atoms with Gasteiger partial charge in [-0.2, -0.15) is 0 Å². The van der Waals surface area contributed by atoms with E-state index in [0.29, 0.717) is 5.58 Å². The second kappa shape index (κ2) is 6.39. The minimum Gasteiger partial charge on any atom is -0.443 e. The van der Waals surface area contributed by atoms with E-state index < -0.39 is 10.0 Å². The maximum absolute atomic E-state index is 12.3. The number of nitrogens with two attached hydrogens (primary N) is 1. The number of sulfonamides is 1. The summed E-state index contributed by atoms with van der Waals surface area (Å²) in [4.78, 5) is 0. The predicted molar refractivity (Wildman–Crippen MR) is 78.9 cm³/mol. The highest BCUT2D eigenvalue weighted by atomic mass is 32.2. The van der Waals surface area contributed by atoms with Gasteiger partial charge in [0.1, 0.15) is 5.58 Å². The van der Waals surface area contributed by atoms with Crippen molar-refractivity contribution in [3.63, 3.8) is 0 Å². The molecular formula is C14H20N2O3S. The number of para-hydroxylation sites is 1. The Bertz CT molecular complexity index is 631. The van der Waals surface area contributed by atoms with Crippen molar-refractivity contribution in [1.29, 1.82) is 0 Å². The Kier molecular flexibility index (Phi) is 4.80. The number of fused-ring (bicyclic) bond motifs is 1. The molecule has 1 aromatic heterocycles. The Morgan fingerprint density at radius 3 is 2.75 bits per heavy atom. The van der Waals surface area contributed by atoms with E-state index in [0.717, 1.165) is 24.6 Å². The van der Waals surface area contributed by atoms with Crippen LogP contribution < -0.4 is 10.5 Å². The Morgan fingerprint density at radius 2 is 2.10 bits per heavy atom. The standard InChI is InChI=1S/C14H20N2O3S/c1-2-3-7-12(10-15)16-20(17,18)14-9-11-6-4-5-8-13(11)19-14/h4-6,8-9,12,16H,2-3,7,10,15H2,1H3/t12-/m0/s1. The molecule has 0 saturated heterocycles. The van der Waals surface area contributed by atoms with Gasteiger partial charge in [-0.3, -0.25) is 0 Å². The highest BCUT2D eigenvalue weighted by Crippen LogP contribution is 2.22. The van der Waals surface area contributed by atoms with Crippen LogP contribution in [0.1, 0.15) is 26.2 Å². The van der Waals surface area contributed by atoms with Crippen molar-refractivity contribution in [2.24, 2.45) is 5.73 Å². The zero-order chi connectivity index (χ0) is 14.6. The van der Waals surface area contributed by atoms with Crippen molar-refractivity contribution in [2.75, 3.05) is 6.54 Å². The molecule has 5 nitrogen and oxygen atoms in total. The summed E-state index contributed by atoms with van der Waals surface area (Å²) >= 11 is 0. The summed E-state index contributed by atoms with van der Waals surface area (Å²) in [6, 6.07) is 8.48. The van der Waals surface area contributed by atoms with Crippen LogP contribution in [0, 0.1) is 0 Å². The fourth-order valence-electron chi connectivity index (χ4n) is 2.04. The number of furan rings is 1. The maximum Gasteiger partial charge on any atom is 0.274 e. The van der Waals surface area contributed by atoms with Crippen molar-refractivity contribution in [3.05, 3.63) is 30.3 Å². The molecule has 0 saturated carbocycles. The number of hydrogen-bond acceptors (Lipinski definition) is 4. The minimum atomic E-state index is -3.66. The van der Waals surface area contributed by atoms with Crippen LogP contribution in [0.25, 0.3) is 11.0 Å². The molecule has 3 N–H and O–H groups in total. The molecule has 1 atom stereocenters. The lowest BCUT2D eigenvalue weighted by atomic mass is 10.1. The van der Waals surface area contributed by atoms with Crippen LogP contribution in [0.5, 0.6) is 0 Å². The molecule has 2 aromatic rings. The summed E-state index contributed by atoms with van der Waals surface area (Å²) in [6.45, 7) is 2.33. The summed E-state index contributed by atoms with van der Waals surface area (Å²) in [5.41, 5.74) is 6.18. The molecule has 2 rings (SSSR count).